The van der Waals surface area contributed by atoms with Crippen molar-refractivity contribution in [3.8, 4) is 11.8 Å². The summed E-state index contributed by atoms with van der Waals surface area (Å²) < 4.78 is 0. The zero-order valence-corrected chi connectivity index (χ0v) is 16.2. The number of benzene rings is 1. The van der Waals surface area contributed by atoms with Gasteiger partial charge in [0, 0.05) is 30.6 Å². The Labute approximate surface area is 160 Å². The number of nitrogens with one attached hydrogen (secondary N) is 1. The third kappa shape index (κ3) is 5.73. The fourth-order valence-electron chi connectivity index (χ4n) is 4.39. The lowest BCUT2D eigenvalue weighted by Gasteiger charge is -2.29. The van der Waals surface area contributed by atoms with Crippen LogP contribution in [-0.4, -0.2) is 30.1 Å². The Morgan fingerprint density at radius 1 is 1.12 bits per heavy atom. The molecule has 0 amide bonds. The van der Waals surface area contributed by atoms with E-state index >= 15 is 0 Å². The van der Waals surface area contributed by atoms with Gasteiger partial charge in [0.2, 0.25) is 0 Å². The molecule has 3 rings (SSSR count). The van der Waals surface area contributed by atoms with E-state index < -0.39 is 0 Å². The van der Waals surface area contributed by atoms with E-state index in [1.165, 1.54) is 63.6 Å². The van der Waals surface area contributed by atoms with Crippen LogP contribution in [0.3, 0.4) is 0 Å². The van der Waals surface area contributed by atoms with E-state index in [2.05, 4.69) is 59.0 Å². The summed E-state index contributed by atoms with van der Waals surface area (Å²) in [6, 6.07) is 8.73. The van der Waals surface area contributed by atoms with Crippen LogP contribution in [0, 0.1) is 11.8 Å². The third-order valence-electron chi connectivity index (χ3n) is 5.92. The summed E-state index contributed by atoms with van der Waals surface area (Å²) in [6.07, 6.45) is 13.5. The average molecular weight is 351 g/mol. The minimum absolute atomic E-state index is 0.276. The SMILES string of the molecule is C=CCC1(NCc2cccc(C#CCCN3CCCCC3)c2)CCCC1. The van der Waals surface area contributed by atoms with Crippen LogP contribution < -0.4 is 5.32 Å². The van der Waals surface area contributed by atoms with E-state index in [0.29, 0.717) is 0 Å². The maximum Gasteiger partial charge on any atom is 0.0248 e. The summed E-state index contributed by atoms with van der Waals surface area (Å²) in [6.45, 7) is 8.52. The van der Waals surface area contributed by atoms with Crippen molar-refractivity contribution in [2.75, 3.05) is 19.6 Å². The second-order valence-electron chi connectivity index (χ2n) is 7.99. The molecular formula is C24H34N2. The Morgan fingerprint density at radius 3 is 2.69 bits per heavy atom. The van der Waals surface area contributed by atoms with Crippen molar-refractivity contribution in [1.82, 2.24) is 10.2 Å². The van der Waals surface area contributed by atoms with Gasteiger partial charge in [-0.3, -0.25) is 0 Å². The summed E-state index contributed by atoms with van der Waals surface area (Å²) in [7, 11) is 0. The van der Waals surface area contributed by atoms with Gasteiger partial charge >= 0.3 is 0 Å². The molecule has 140 valence electrons. The quantitative estimate of drug-likeness (QED) is 0.556. The first kappa shape index (κ1) is 19.2. The number of nitrogens with zero attached hydrogens (tertiary/aromatic N) is 1. The van der Waals surface area contributed by atoms with Crippen molar-refractivity contribution >= 4 is 0 Å². The van der Waals surface area contributed by atoms with Gasteiger partial charge in [0.25, 0.3) is 0 Å². The fourth-order valence-corrected chi connectivity index (χ4v) is 4.39. The molecule has 0 aromatic heterocycles. The normalized spacial score (nSPS) is 19.7. The van der Waals surface area contributed by atoms with E-state index in [4.69, 9.17) is 0 Å². The molecule has 0 radical (unpaired) electrons. The standard InChI is InChI=1S/C24H34N2/c1-2-14-24(15-5-6-16-24)25-21-23-13-10-12-22(20-23)11-4-9-19-26-17-7-3-8-18-26/h2,10,12-13,20,25H,1,3,5-9,14-19,21H2. The lowest BCUT2D eigenvalue weighted by molar-refractivity contribution is 0.234. The molecule has 1 saturated carbocycles. The summed E-state index contributed by atoms with van der Waals surface area (Å²) in [5, 5.41) is 3.82. The van der Waals surface area contributed by atoms with Crippen LogP contribution in [0.2, 0.25) is 0 Å². The van der Waals surface area contributed by atoms with Crippen LogP contribution in [0.15, 0.2) is 36.9 Å². The van der Waals surface area contributed by atoms with Crippen LogP contribution in [0.1, 0.15) is 68.9 Å². The second-order valence-corrected chi connectivity index (χ2v) is 7.99. The van der Waals surface area contributed by atoms with Gasteiger partial charge < -0.3 is 10.2 Å². The summed E-state index contributed by atoms with van der Waals surface area (Å²) in [5.41, 5.74) is 2.76. The van der Waals surface area contributed by atoms with Crippen LogP contribution in [0.4, 0.5) is 0 Å². The van der Waals surface area contributed by atoms with Gasteiger partial charge in [0.15, 0.2) is 0 Å². The van der Waals surface area contributed by atoms with Gasteiger partial charge in [-0.1, -0.05) is 49.3 Å². The summed E-state index contributed by atoms with van der Waals surface area (Å²) in [5.74, 6) is 6.74. The average Bonchev–Trinajstić information content (AvgIpc) is 3.14. The van der Waals surface area contributed by atoms with Gasteiger partial charge in [-0.15, -0.1) is 6.58 Å². The molecule has 0 atom stereocenters. The number of hydrogen-bond donors (Lipinski definition) is 1. The highest BCUT2D eigenvalue weighted by molar-refractivity contribution is 5.37. The molecule has 0 bridgehead atoms. The monoisotopic (exact) mass is 350 g/mol. The highest BCUT2D eigenvalue weighted by Gasteiger charge is 2.31. The highest BCUT2D eigenvalue weighted by Crippen LogP contribution is 2.33. The zero-order valence-electron chi connectivity index (χ0n) is 16.2. The topological polar surface area (TPSA) is 15.3 Å². The Morgan fingerprint density at radius 2 is 1.92 bits per heavy atom. The first-order valence-corrected chi connectivity index (χ1v) is 10.5. The molecule has 0 unspecified atom stereocenters. The largest absolute Gasteiger partial charge is 0.307 e. The Hall–Kier alpha value is -1.56. The molecule has 2 nitrogen and oxygen atoms in total. The predicted octanol–water partition coefficient (Wildman–Crippen LogP) is 4.89. The van der Waals surface area contributed by atoms with Gasteiger partial charge in [-0.25, -0.2) is 0 Å². The molecule has 2 aliphatic rings. The molecule has 1 heterocycles. The van der Waals surface area contributed by atoms with Crippen LogP contribution >= 0.6 is 0 Å². The van der Waals surface area contributed by atoms with Crippen molar-refractivity contribution in [2.24, 2.45) is 0 Å². The van der Waals surface area contributed by atoms with Crippen molar-refractivity contribution in [3.63, 3.8) is 0 Å². The van der Waals surface area contributed by atoms with Crippen LogP contribution in [-0.2, 0) is 6.54 Å². The Bertz CT molecular complexity index is 625. The molecule has 2 heteroatoms. The van der Waals surface area contributed by atoms with Gasteiger partial charge in [0.1, 0.15) is 0 Å². The molecule has 26 heavy (non-hydrogen) atoms. The van der Waals surface area contributed by atoms with E-state index in [-0.39, 0.29) is 5.54 Å². The van der Waals surface area contributed by atoms with Crippen molar-refractivity contribution < 1.29 is 0 Å². The highest BCUT2D eigenvalue weighted by atomic mass is 15.1. The van der Waals surface area contributed by atoms with E-state index in [1.807, 2.05) is 0 Å². The first-order valence-electron chi connectivity index (χ1n) is 10.5. The lowest BCUT2D eigenvalue weighted by Crippen LogP contribution is -2.41. The Kier molecular flexibility index (Phi) is 7.35. The molecule has 1 N–H and O–H groups in total. The summed E-state index contributed by atoms with van der Waals surface area (Å²) >= 11 is 0. The minimum Gasteiger partial charge on any atom is -0.307 e. The molecular weight excluding hydrogens is 316 g/mol. The smallest absolute Gasteiger partial charge is 0.0248 e. The molecule has 1 saturated heterocycles. The maximum absolute atomic E-state index is 3.95. The van der Waals surface area contributed by atoms with Gasteiger partial charge in [0.05, 0.1) is 0 Å². The molecule has 0 spiro atoms. The number of rotatable bonds is 7. The fraction of sp³-hybridized carbons (Fsp3) is 0.583. The number of piperidine rings is 1. The maximum atomic E-state index is 3.95. The van der Waals surface area contributed by atoms with Gasteiger partial charge in [-0.2, -0.15) is 0 Å². The predicted molar refractivity (Wildman–Crippen MR) is 111 cm³/mol. The molecule has 1 aromatic rings. The number of likely N-dealkylation sites (tertiary alicyclic amines) is 1. The zero-order chi connectivity index (χ0) is 18.1. The number of hydrogen-bond acceptors (Lipinski definition) is 2. The van der Waals surface area contributed by atoms with Crippen molar-refractivity contribution in [3.05, 3.63) is 48.0 Å². The van der Waals surface area contributed by atoms with Crippen molar-refractivity contribution in [2.45, 2.75) is 69.9 Å². The third-order valence-corrected chi connectivity index (χ3v) is 5.92. The van der Waals surface area contributed by atoms with E-state index in [0.717, 1.165) is 31.5 Å². The first-order chi connectivity index (χ1) is 12.8. The van der Waals surface area contributed by atoms with E-state index in [1.54, 1.807) is 0 Å². The molecule has 1 aliphatic heterocycles. The van der Waals surface area contributed by atoms with Crippen LogP contribution in [0.25, 0.3) is 0 Å². The molecule has 2 fully saturated rings. The second kappa shape index (κ2) is 9.95. The lowest BCUT2D eigenvalue weighted by atomic mass is 9.93. The summed E-state index contributed by atoms with van der Waals surface area (Å²) in [4.78, 5) is 2.55. The van der Waals surface area contributed by atoms with Crippen LogP contribution in [0.5, 0.6) is 0 Å². The van der Waals surface area contributed by atoms with Crippen molar-refractivity contribution in [1.29, 1.82) is 0 Å². The molecule has 1 aromatic carbocycles. The van der Waals surface area contributed by atoms with E-state index in [9.17, 15) is 0 Å². The minimum atomic E-state index is 0.276. The van der Waals surface area contributed by atoms with Gasteiger partial charge in [-0.05, 0) is 62.9 Å². The Balaban J connectivity index is 1.50. The molecule has 1 aliphatic carbocycles.